The van der Waals surface area contributed by atoms with Gasteiger partial charge in [-0.2, -0.15) is 5.10 Å². The van der Waals surface area contributed by atoms with E-state index in [1.807, 2.05) is 7.05 Å². The van der Waals surface area contributed by atoms with Crippen molar-refractivity contribution >= 4 is 46.8 Å². The minimum atomic E-state index is -0.656. The molecule has 0 unspecified atom stereocenters. The predicted molar refractivity (Wildman–Crippen MR) is 161 cm³/mol. The Morgan fingerprint density at radius 2 is 1.95 bits per heavy atom. The minimum absolute atomic E-state index is 0.0712. The monoisotopic (exact) mass is 595 g/mol. The number of rotatable bonds is 10. The topological polar surface area (TPSA) is 151 Å². The Labute approximate surface area is 248 Å². The van der Waals surface area contributed by atoms with Crippen molar-refractivity contribution in [3.8, 4) is 5.75 Å². The van der Waals surface area contributed by atoms with Gasteiger partial charge in [0.2, 0.25) is 0 Å². The molecular formula is C28H33N7O6S. The van der Waals surface area contributed by atoms with Crippen LogP contribution in [0.15, 0.2) is 58.8 Å². The number of carbonyl (C=O) groups excluding carboxylic acids is 2. The predicted octanol–water partition coefficient (Wildman–Crippen LogP) is 2.23. The van der Waals surface area contributed by atoms with Crippen molar-refractivity contribution in [2.75, 3.05) is 51.3 Å². The van der Waals surface area contributed by atoms with E-state index in [0.29, 0.717) is 33.3 Å². The van der Waals surface area contributed by atoms with Gasteiger partial charge in [0.05, 0.1) is 29.4 Å². The molecule has 2 aliphatic rings. The van der Waals surface area contributed by atoms with Crippen LogP contribution in [0.2, 0.25) is 0 Å². The Morgan fingerprint density at radius 3 is 2.67 bits per heavy atom. The standard InChI is InChI=1S/C28H33N7O6S/c1-4-40-27(37)25-18(2)30-28(42)31-26(25)21-7-5-6-8-23(21)41-17-24(36)32-29-16-19-15-20(35(38)39)9-10-22(19)34-13-11-33(3)12-14-34/h5-10,15-16,26H,4,11-14,17H2,1-3H3,(H,32,36)(H2,30,31,42)/t26-/m0/s1. The summed E-state index contributed by atoms with van der Waals surface area (Å²) in [6.07, 6.45) is 1.39. The van der Waals surface area contributed by atoms with Crippen LogP contribution in [0.25, 0.3) is 0 Å². The van der Waals surface area contributed by atoms with Crippen molar-refractivity contribution in [1.29, 1.82) is 0 Å². The van der Waals surface area contributed by atoms with Crippen LogP contribution >= 0.6 is 12.2 Å². The van der Waals surface area contributed by atoms with E-state index in [1.165, 1.54) is 18.3 Å². The van der Waals surface area contributed by atoms with Crippen LogP contribution in [-0.2, 0) is 14.3 Å². The number of nitrogens with zero attached hydrogens (tertiary/aromatic N) is 4. The van der Waals surface area contributed by atoms with Crippen LogP contribution in [0.5, 0.6) is 5.75 Å². The number of likely N-dealkylation sites (N-methyl/N-ethyl adjacent to an activating group) is 1. The van der Waals surface area contributed by atoms with E-state index in [2.05, 4.69) is 31.0 Å². The van der Waals surface area contributed by atoms with Gasteiger partial charge in [-0.3, -0.25) is 14.9 Å². The number of thiocarbonyl (C=S) groups is 1. The number of nitrogens with one attached hydrogen (secondary N) is 3. The van der Waals surface area contributed by atoms with Gasteiger partial charge in [0.15, 0.2) is 11.7 Å². The number of ether oxygens (including phenoxy) is 2. The molecule has 4 rings (SSSR count). The van der Waals surface area contributed by atoms with Crippen LogP contribution in [0.1, 0.15) is 31.0 Å². The molecule has 0 saturated carbocycles. The first-order valence-corrected chi connectivity index (χ1v) is 13.8. The summed E-state index contributed by atoms with van der Waals surface area (Å²) in [4.78, 5) is 40.6. The molecule has 0 radical (unpaired) electrons. The molecule has 2 aliphatic heterocycles. The zero-order valence-corrected chi connectivity index (χ0v) is 24.4. The number of para-hydroxylation sites is 1. The van der Waals surface area contributed by atoms with E-state index < -0.39 is 22.8 Å². The number of amides is 1. The smallest absolute Gasteiger partial charge is 0.338 e. The number of benzene rings is 2. The van der Waals surface area contributed by atoms with Crippen molar-refractivity contribution < 1.29 is 24.0 Å². The molecule has 13 nitrogen and oxygen atoms in total. The van der Waals surface area contributed by atoms with E-state index in [9.17, 15) is 19.7 Å². The van der Waals surface area contributed by atoms with E-state index in [-0.39, 0.29) is 18.9 Å². The number of hydrogen-bond acceptors (Lipinski definition) is 10. The number of carbonyl (C=O) groups is 2. The molecule has 1 amide bonds. The highest BCUT2D eigenvalue weighted by molar-refractivity contribution is 7.80. The van der Waals surface area contributed by atoms with Gasteiger partial charge in [-0.1, -0.05) is 18.2 Å². The normalized spacial score (nSPS) is 17.5. The molecule has 222 valence electrons. The van der Waals surface area contributed by atoms with Crippen LogP contribution in [0.3, 0.4) is 0 Å². The Bertz CT molecular complexity index is 1420. The summed E-state index contributed by atoms with van der Waals surface area (Å²) in [6, 6.07) is 10.9. The van der Waals surface area contributed by atoms with Gasteiger partial charge < -0.3 is 29.9 Å². The van der Waals surface area contributed by atoms with Gasteiger partial charge in [0.1, 0.15) is 5.75 Å². The third-order valence-corrected chi connectivity index (χ3v) is 7.03. The number of esters is 1. The summed E-state index contributed by atoms with van der Waals surface area (Å²) < 4.78 is 11.1. The van der Waals surface area contributed by atoms with Crippen LogP contribution in [0.4, 0.5) is 11.4 Å². The van der Waals surface area contributed by atoms with Crippen molar-refractivity contribution in [2.24, 2.45) is 5.10 Å². The fraction of sp³-hybridized carbons (Fsp3) is 0.357. The second-order valence-electron chi connectivity index (χ2n) is 9.70. The summed E-state index contributed by atoms with van der Waals surface area (Å²) in [5.74, 6) is -0.676. The van der Waals surface area contributed by atoms with Crippen molar-refractivity contribution in [2.45, 2.75) is 19.9 Å². The molecule has 1 fully saturated rings. The molecule has 2 heterocycles. The first-order chi connectivity index (χ1) is 20.2. The highest BCUT2D eigenvalue weighted by Gasteiger charge is 2.32. The van der Waals surface area contributed by atoms with Crippen molar-refractivity contribution in [3.05, 3.63) is 75.0 Å². The number of allylic oxidation sites excluding steroid dienone is 1. The van der Waals surface area contributed by atoms with E-state index in [4.69, 9.17) is 21.7 Å². The molecule has 42 heavy (non-hydrogen) atoms. The van der Waals surface area contributed by atoms with Gasteiger partial charge in [-0.05, 0) is 45.2 Å². The zero-order valence-electron chi connectivity index (χ0n) is 23.6. The van der Waals surface area contributed by atoms with Gasteiger partial charge in [-0.25, -0.2) is 10.2 Å². The van der Waals surface area contributed by atoms with E-state index in [0.717, 1.165) is 31.9 Å². The Kier molecular flexibility index (Phi) is 10.0. The molecule has 3 N–H and O–H groups in total. The van der Waals surface area contributed by atoms with Gasteiger partial charge >= 0.3 is 5.97 Å². The fourth-order valence-corrected chi connectivity index (χ4v) is 4.97. The zero-order chi connectivity index (χ0) is 30.2. The lowest BCUT2D eigenvalue weighted by atomic mass is 9.95. The van der Waals surface area contributed by atoms with E-state index >= 15 is 0 Å². The molecule has 14 heteroatoms. The van der Waals surface area contributed by atoms with Crippen LogP contribution < -0.4 is 25.7 Å². The molecular weight excluding hydrogens is 562 g/mol. The van der Waals surface area contributed by atoms with Gasteiger partial charge in [0.25, 0.3) is 11.6 Å². The number of nitro benzene ring substituents is 1. The summed E-state index contributed by atoms with van der Waals surface area (Å²) in [6.45, 7) is 6.53. The van der Waals surface area contributed by atoms with Gasteiger partial charge in [0, 0.05) is 60.8 Å². The summed E-state index contributed by atoms with van der Waals surface area (Å²) in [5, 5.41) is 21.8. The third kappa shape index (κ3) is 7.39. The SMILES string of the molecule is CCOC(=O)C1=C(C)NC(=S)N[C@H]1c1ccccc1OCC(=O)NN=Cc1cc([N+](=O)[O-])ccc1N1CCN(C)CC1. The fourth-order valence-electron chi connectivity index (χ4n) is 4.70. The first kappa shape index (κ1) is 30.4. The van der Waals surface area contributed by atoms with Crippen LogP contribution in [0, 0.1) is 10.1 Å². The Morgan fingerprint density at radius 1 is 1.21 bits per heavy atom. The second-order valence-corrected chi connectivity index (χ2v) is 10.1. The van der Waals surface area contributed by atoms with E-state index in [1.54, 1.807) is 44.2 Å². The minimum Gasteiger partial charge on any atom is -0.483 e. The molecule has 0 aliphatic carbocycles. The molecule has 0 spiro atoms. The molecule has 1 saturated heterocycles. The maximum atomic E-state index is 12.7. The maximum Gasteiger partial charge on any atom is 0.338 e. The highest BCUT2D eigenvalue weighted by Crippen LogP contribution is 2.33. The summed E-state index contributed by atoms with van der Waals surface area (Å²) >= 11 is 5.31. The largest absolute Gasteiger partial charge is 0.483 e. The average Bonchev–Trinajstić information content (AvgIpc) is 2.96. The lowest BCUT2D eigenvalue weighted by Crippen LogP contribution is -2.45. The summed E-state index contributed by atoms with van der Waals surface area (Å²) in [5.41, 5.74) is 5.16. The number of nitro groups is 1. The van der Waals surface area contributed by atoms with Crippen molar-refractivity contribution in [3.63, 3.8) is 0 Å². The molecule has 2 aromatic rings. The Balaban J connectivity index is 1.46. The number of non-ortho nitro benzene ring substituents is 1. The molecule has 0 aromatic heterocycles. The molecule has 1 atom stereocenters. The number of piperazine rings is 1. The van der Waals surface area contributed by atoms with Crippen LogP contribution in [-0.4, -0.2) is 79.5 Å². The third-order valence-electron chi connectivity index (χ3n) is 6.81. The number of hydrazone groups is 1. The lowest BCUT2D eigenvalue weighted by Gasteiger charge is -2.34. The first-order valence-electron chi connectivity index (χ1n) is 13.4. The number of hydrogen-bond donors (Lipinski definition) is 3. The number of anilines is 1. The molecule has 2 aromatic carbocycles. The molecule has 0 bridgehead atoms. The highest BCUT2D eigenvalue weighted by atomic mass is 32.1. The Hall–Kier alpha value is -4.56. The van der Waals surface area contributed by atoms with Crippen molar-refractivity contribution in [1.82, 2.24) is 21.0 Å². The summed E-state index contributed by atoms with van der Waals surface area (Å²) in [7, 11) is 2.04. The van der Waals surface area contributed by atoms with Gasteiger partial charge in [-0.15, -0.1) is 0 Å². The average molecular weight is 596 g/mol. The maximum absolute atomic E-state index is 12.7. The lowest BCUT2D eigenvalue weighted by molar-refractivity contribution is -0.384. The second kappa shape index (κ2) is 13.9. The quantitative estimate of drug-likeness (QED) is 0.122.